The van der Waals surface area contributed by atoms with Crippen LogP contribution in [0.4, 0.5) is 0 Å². The molecule has 1 unspecified atom stereocenters. The molecule has 0 radical (unpaired) electrons. The second-order valence-corrected chi connectivity index (χ2v) is 4.35. The van der Waals surface area contributed by atoms with Gasteiger partial charge in [0.2, 0.25) is 0 Å². The Bertz CT molecular complexity index is 316. The van der Waals surface area contributed by atoms with Gasteiger partial charge < -0.3 is 9.84 Å². The van der Waals surface area contributed by atoms with Crippen LogP contribution in [0.3, 0.4) is 0 Å². The van der Waals surface area contributed by atoms with E-state index in [9.17, 15) is 4.79 Å². The van der Waals surface area contributed by atoms with Gasteiger partial charge in [0, 0.05) is 30.8 Å². The van der Waals surface area contributed by atoms with E-state index in [-0.39, 0.29) is 12.6 Å². The SMILES string of the molecule is COCCN(CC(=O)O)C(C)c1cncs1. The van der Waals surface area contributed by atoms with Crippen LogP contribution in [0, 0.1) is 0 Å². The fourth-order valence-electron chi connectivity index (χ4n) is 1.40. The zero-order chi connectivity index (χ0) is 12.0. The number of carboxylic acids is 1. The molecule has 90 valence electrons. The Morgan fingerprint density at radius 3 is 3.00 bits per heavy atom. The van der Waals surface area contributed by atoms with Crippen molar-refractivity contribution in [2.24, 2.45) is 0 Å². The second-order valence-electron chi connectivity index (χ2n) is 3.44. The predicted molar refractivity (Wildman–Crippen MR) is 61.6 cm³/mol. The second kappa shape index (κ2) is 6.57. The van der Waals surface area contributed by atoms with Gasteiger partial charge in [-0.05, 0) is 6.92 Å². The summed E-state index contributed by atoms with van der Waals surface area (Å²) in [7, 11) is 1.61. The molecular weight excluding hydrogens is 228 g/mol. The summed E-state index contributed by atoms with van der Waals surface area (Å²) in [5, 5.41) is 8.83. The molecule has 0 aliphatic heterocycles. The predicted octanol–water partition coefficient (Wildman–Crippen LogP) is 1.24. The van der Waals surface area contributed by atoms with Gasteiger partial charge in [0.05, 0.1) is 18.7 Å². The molecule has 16 heavy (non-hydrogen) atoms. The first kappa shape index (κ1) is 13.1. The van der Waals surface area contributed by atoms with Crippen molar-refractivity contribution in [3.05, 3.63) is 16.6 Å². The third kappa shape index (κ3) is 3.88. The highest BCUT2D eigenvalue weighted by Gasteiger charge is 2.19. The first-order valence-electron chi connectivity index (χ1n) is 4.98. The third-order valence-electron chi connectivity index (χ3n) is 2.33. The van der Waals surface area contributed by atoms with E-state index in [1.54, 1.807) is 18.8 Å². The van der Waals surface area contributed by atoms with Crippen LogP contribution in [0.1, 0.15) is 17.8 Å². The van der Waals surface area contributed by atoms with E-state index >= 15 is 0 Å². The molecule has 1 aromatic rings. The topological polar surface area (TPSA) is 62.7 Å². The zero-order valence-corrected chi connectivity index (χ0v) is 10.2. The first-order chi connectivity index (χ1) is 7.65. The number of aliphatic carboxylic acids is 1. The van der Waals surface area contributed by atoms with E-state index in [0.717, 1.165) is 4.88 Å². The molecule has 6 heteroatoms. The molecule has 0 fully saturated rings. The lowest BCUT2D eigenvalue weighted by molar-refractivity contribution is -0.139. The number of ether oxygens (including phenoxy) is 1. The van der Waals surface area contributed by atoms with Gasteiger partial charge in [0.1, 0.15) is 0 Å². The molecule has 1 rings (SSSR count). The Morgan fingerprint density at radius 1 is 1.75 bits per heavy atom. The normalized spacial score (nSPS) is 12.9. The highest BCUT2D eigenvalue weighted by Crippen LogP contribution is 2.22. The summed E-state index contributed by atoms with van der Waals surface area (Å²) in [5.41, 5.74) is 1.75. The van der Waals surface area contributed by atoms with E-state index in [4.69, 9.17) is 9.84 Å². The molecule has 0 bridgehead atoms. The molecule has 0 saturated carbocycles. The van der Waals surface area contributed by atoms with Crippen molar-refractivity contribution in [3.63, 3.8) is 0 Å². The number of nitrogens with zero attached hydrogens (tertiary/aromatic N) is 2. The number of rotatable bonds is 7. The van der Waals surface area contributed by atoms with Gasteiger partial charge >= 0.3 is 5.97 Å². The molecule has 1 heterocycles. The average molecular weight is 244 g/mol. The minimum atomic E-state index is -0.826. The lowest BCUT2D eigenvalue weighted by atomic mass is 10.2. The third-order valence-corrected chi connectivity index (χ3v) is 3.28. The number of carbonyl (C=O) groups is 1. The summed E-state index contributed by atoms with van der Waals surface area (Å²) < 4.78 is 4.97. The minimum absolute atomic E-state index is 0.0163. The van der Waals surface area contributed by atoms with Crippen molar-refractivity contribution >= 4 is 17.3 Å². The first-order valence-corrected chi connectivity index (χ1v) is 5.86. The van der Waals surface area contributed by atoms with Crippen LogP contribution in [0.25, 0.3) is 0 Å². The van der Waals surface area contributed by atoms with E-state index in [2.05, 4.69) is 4.98 Å². The van der Waals surface area contributed by atoms with Crippen LogP contribution in [-0.2, 0) is 9.53 Å². The molecule has 0 aliphatic rings. The van der Waals surface area contributed by atoms with Gasteiger partial charge in [-0.15, -0.1) is 11.3 Å². The smallest absolute Gasteiger partial charge is 0.317 e. The maximum atomic E-state index is 10.8. The molecular formula is C10H16N2O3S. The van der Waals surface area contributed by atoms with E-state index in [1.807, 2.05) is 11.8 Å². The van der Waals surface area contributed by atoms with Crippen LogP contribution in [0.15, 0.2) is 11.7 Å². The summed E-state index contributed by atoms with van der Waals surface area (Å²) in [4.78, 5) is 17.7. The molecule has 0 aromatic carbocycles. The highest BCUT2D eigenvalue weighted by molar-refractivity contribution is 7.09. The van der Waals surface area contributed by atoms with Gasteiger partial charge in [-0.3, -0.25) is 14.7 Å². The summed E-state index contributed by atoms with van der Waals surface area (Å²) in [6.07, 6.45) is 1.77. The van der Waals surface area contributed by atoms with Crippen molar-refractivity contribution in [1.29, 1.82) is 0 Å². The number of hydrogen-bond acceptors (Lipinski definition) is 5. The number of methoxy groups -OCH3 is 1. The maximum absolute atomic E-state index is 10.8. The summed E-state index contributed by atoms with van der Waals surface area (Å²) in [5.74, 6) is -0.826. The molecule has 5 nitrogen and oxygen atoms in total. The lowest BCUT2D eigenvalue weighted by Gasteiger charge is -2.25. The number of thiazole rings is 1. The largest absolute Gasteiger partial charge is 0.480 e. The Labute approximate surface area is 98.7 Å². The Kier molecular flexibility index (Phi) is 5.37. The highest BCUT2D eigenvalue weighted by atomic mass is 32.1. The number of hydrogen-bond donors (Lipinski definition) is 1. The number of aromatic nitrogens is 1. The van der Waals surface area contributed by atoms with Crippen LogP contribution in [-0.4, -0.2) is 47.8 Å². The van der Waals surface area contributed by atoms with Gasteiger partial charge in [0.15, 0.2) is 0 Å². The number of carboxylic acid groups (broad SMARTS) is 1. The monoisotopic (exact) mass is 244 g/mol. The molecule has 0 amide bonds. The van der Waals surface area contributed by atoms with E-state index in [1.165, 1.54) is 11.3 Å². The summed E-state index contributed by atoms with van der Waals surface area (Å²) in [6, 6.07) is 0.0544. The Morgan fingerprint density at radius 2 is 2.50 bits per heavy atom. The summed E-state index contributed by atoms with van der Waals surface area (Å²) >= 11 is 1.53. The molecule has 0 spiro atoms. The van der Waals surface area contributed by atoms with Crippen molar-refractivity contribution in [2.75, 3.05) is 26.8 Å². The Hall–Kier alpha value is -0.980. The van der Waals surface area contributed by atoms with Crippen molar-refractivity contribution in [2.45, 2.75) is 13.0 Å². The quantitative estimate of drug-likeness (QED) is 0.781. The standard InChI is InChI=1S/C10H16N2O3S/c1-8(9-5-11-7-16-9)12(3-4-15-2)6-10(13)14/h5,7-8H,3-4,6H2,1-2H3,(H,13,14). The lowest BCUT2D eigenvalue weighted by Crippen LogP contribution is -2.34. The van der Waals surface area contributed by atoms with E-state index in [0.29, 0.717) is 13.2 Å². The fourth-order valence-corrected chi connectivity index (χ4v) is 2.11. The maximum Gasteiger partial charge on any atom is 0.317 e. The van der Waals surface area contributed by atoms with Crippen LogP contribution >= 0.6 is 11.3 Å². The van der Waals surface area contributed by atoms with Crippen molar-refractivity contribution in [3.8, 4) is 0 Å². The van der Waals surface area contributed by atoms with Crippen molar-refractivity contribution in [1.82, 2.24) is 9.88 Å². The van der Waals surface area contributed by atoms with Crippen LogP contribution < -0.4 is 0 Å². The summed E-state index contributed by atoms with van der Waals surface area (Å²) in [6.45, 7) is 3.12. The molecule has 1 N–H and O–H groups in total. The molecule has 1 aromatic heterocycles. The van der Waals surface area contributed by atoms with Gasteiger partial charge in [-0.2, -0.15) is 0 Å². The van der Waals surface area contributed by atoms with Crippen LogP contribution in [0.5, 0.6) is 0 Å². The molecule has 0 saturated heterocycles. The fraction of sp³-hybridized carbons (Fsp3) is 0.600. The average Bonchev–Trinajstić information content (AvgIpc) is 2.76. The van der Waals surface area contributed by atoms with E-state index < -0.39 is 5.97 Å². The van der Waals surface area contributed by atoms with Crippen molar-refractivity contribution < 1.29 is 14.6 Å². The zero-order valence-electron chi connectivity index (χ0n) is 9.42. The van der Waals surface area contributed by atoms with Gasteiger partial charge in [-0.1, -0.05) is 0 Å². The Balaban J connectivity index is 2.63. The van der Waals surface area contributed by atoms with Gasteiger partial charge in [0.25, 0.3) is 0 Å². The molecule has 0 aliphatic carbocycles. The van der Waals surface area contributed by atoms with Gasteiger partial charge in [-0.25, -0.2) is 0 Å². The minimum Gasteiger partial charge on any atom is -0.480 e. The molecule has 1 atom stereocenters. The van der Waals surface area contributed by atoms with Crippen LogP contribution in [0.2, 0.25) is 0 Å².